The second kappa shape index (κ2) is 7.72. The second-order valence-electron chi connectivity index (χ2n) is 5.49. The molecular formula is C16H21ClFN3O. The lowest BCUT2D eigenvalue weighted by Gasteiger charge is -2.11. The molecule has 2 rings (SSSR count). The van der Waals surface area contributed by atoms with E-state index in [1.54, 1.807) is 16.8 Å². The van der Waals surface area contributed by atoms with Gasteiger partial charge in [-0.2, -0.15) is 5.10 Å². The molecule has 1 aromatic carbocycles. The van der Waals surface area contributed by atoms with Crippen LogP contribution in [-0.2, 0) is 6.54 Å². The van der Waals surface area contributed by atoms with E-state index in [4.69, 9.17) is 16.7 Å². The highest BCUT2D eigenvalue weighted by Gasteiger charge is 2.14. The zero-order valence-electron chi connectivity index (χ0n) is 12.8. The molecule has 0 fully saturated rings. The largest absolute Gasteiger partial charge is 0.396 e. The van der Waals surface area contributed by atoms with Crippen LogP contribution in [0.25, 0.3) is 5.69 Å². The number of hydrogen-bond donors (Lipinski definition) is 2. The van der Waals surface area contributed by atoms with Gasteiger partial charge in [-0.3, -0.25) is 0 Å². The Hall–Kier alpha value is -1.43. The lowest BCUT2D eigenvalue weighted by atomic mass is 10.1. The van der Waals surface area contributed by atoms with E-state index in [-0.39, 0.29) is 12.4 Å². The smallest absolute Gasteiger partial charge is 0.137 e. The lowest BCUT2D eigenvalue weighted by Crippen LogP contribution is -2.21. The summed E-state index contributed by atoms with van der Waals surface area (Å²) in [6.45, 7) is 5.60. The monoisotopic (exact) mass is 325 g/mol. The number of aryl methyl sites for hydroxylation is 1. The maximum Gasteiger partial charge on any atom is 0.137 e. The second-order valence-corrected chi connectivity index (χ2v) is 5.85. The minimum absolute atomic E-state index is 0.200. The summed E-state index contributed by atoms with van der Waals surface area (Å²) in [6, 6.07) is 6.07. The quantitative estimate of drug-likeness (QED) is 0.822. The van der Waals surface area contributed by atoms with Gasteiger partial charge in [0, 0.05) is 18.7 Å². The first-order chi connectivity index (χ1) is 10.5. The first-order valence-corrected chi connectivity index (χ1v) is 7.72. The molecule has 4 nitrogen and oxygen atoms in total. The maximum atomic E-state index is 13.0. The average Bonchev–Trinajstić information content (AvgIpc) is 2.76. The Morgan fingerprint density at radius 2 is 2.05 bits per heavy atom. The number of nitrogens with one attached hydrogen (secondary N) is 1. The molecule has 0 saturated carbocycles. The van der Waals surface area contributed by atoms with Crippen molar-refractivity contribution in [2.24, 2.45) is 5.92 Å². The number of aromatic nitrogens is 2. The van der Waals surface area contributed by atoms with Gasteiger partial charge >= 0.3 is 0 Å². The van der Waals surface area contributed by atoms with E-state index in [1.165, 1.54) is 12.1 Å². The first-order valence-electron chi connectivity index (χ1n) is 7.34. The molecule has 2 aromatic rings. The van der Waals surface area contributed by atoms with Crippen molar-refractivity contribution in [2.45, 2.75) is 26.8 Å². The summed E-state index contributed by atoms with van der Waals surface area (Å²) >= 11 is 6.41. The fourth-order valence-electron chi connectivity index (χ4n) is 2.25. The highest BCUT2D eigenvalue weighted by atomic mass is 35.5. The van der Waals surface area contributed by atoms with Crippen LogP contribution in [-0.4, -0.2) is 28.0 Å². The van der Waals surface area contributed by atoms with Gasteiger partial charge in [0.2, 0.25) is 0 Å². The molecule has 22 heavy (non-hydrogen) atoms. The van der Waals surface area contributed by atoms with Crippen LogP contribution in [0, 0.1) is 18.7 Å². The third-order valence-electron chi connectivity index (χ3n) is 3.61. The Morgan fingerprint density at radius 3 is 2.68 bits per heavy atom. The molecule has 1 aromatic heterocycles. The molecule has 0 spiro atoms. The number of rotatable bonds is 7. The van der Waals surface area contributed by atoms with E-state index in [2.05, 4.69) is 17.3 Å². The van der Waals surface area contributed by atoms with Gasteiger partial charge in [-0.05, 0) is 50.1 Å². The lowest BCUT2D eigenvalue weighted by molar-refractivity contribution is 0.260. The maximum absolute atomic E-state index is 13.0. The van der Waals surface area contributed by atoms with Crippen LogP contribution in [0.2, 0.25) is 5.15 Å². The molecule has 6 heteroatoms. The first kappa shape index (κ1) is 16.9. The number of benzene rings is 1. The van der Waals surface area contributed by atoms with Crippen molar-refractivity contribution in [3.63, 3.8) is 0 Å². The van der Waals surface area contributed by atoms with Crippen LogP contribution in [0.3, 0.4) is 0 Å². The van der Waals surface area contributed by atoms with E-state index >= 15 is 0 Å². The predicted octanol–water partition coefficient (Wildman–Crippen LogP) is 3.08. The SMILES string of the molecule is Cc1nn(-c2ccc(F)cc2)c(Cl)c1CNCC(C)CCO. The molecule has 120 valence electrons. The summed E-state index contributed by atoms with van der Waals surface area (Å²) in [4.78, 5) is 0. The van der Waals surface area contributed by atoms with Crippen LogP contribution in [0.15, 0.2) is 24.3 Å². The number of hydrogen-bond acceptors (Lipinski definition) is 3. The van der Waals surface area contributed by atoms with E-state index in [9.17, 15) is 4.39 Å². The summed E-state index contributed by atoms with van der Waals surface area (Å²) in [5.41, 5.74) is 2.51. The van der Waals surface area contributed by atoms with Crippen LogP contribution < -0.4 is 5.32 Å². The van der Waals surface area contributed by atoms with E-state index in [0.717, 1.165) is 29.9 Å². The third kappa shape index (κ3) is 4.06. The molecule has 1 atom stereocenters. The van der Waals surface area contributed by atoms with E-state index in [0.29, 0.717) is 17.6 Å². The number of aliphatic hydroxyl groups excluding tert-OH is 1. The highest BCUT2D eigenvalue weighted by Crippen LogP contribution is 2.23. The molecule has 0 radical (unpaired) electrons. The molecule has 0 saturated heterocycles. The van der Waals surface area contributed by atoms with Gasteiger partial charge in [-0.1, -0.05) is 18.5 Å². The van der Waals surface area contributed by atoms with Crippen LogP contribution >= 0.6 is 11.6 Å². The van der Waals surface area contributed by atoms with Crippen molar-refractivity contribution in [3.05, 3.63) is 46.5 Å². The van der Waals surface area contributed by atoms with Crippen molar-refractivity contribution in [3.8, 4) is 5.69 Å². The van der Waals surface area contributed by atoms with Crippen LogP contribution in [0.5, 0.6) is 0 Å². The zero-order chi connectivity index (χ0) is 16.1. The average molecular weight is 326 g/mol. The fourth-order valence-corrected chi connectivity index (χ4v) is 2.59. The number of aliphatic hydroxyl groups is 1. The van der Waals surface area contributed by atoms with Gasteiger partial charge in [0.05, 0.1) is 11.4 Å². The zero-order valence-corrected chi connectivity index (χ0v) is 13.6. The normalized spacial score (nSPS) is 12.6. The Morgan fingerprint density at radius 1 is 1.36 bits per heavy atom. The summed E-state index contributed by atoms with van der Waals surface area (Å²) in [5, 5.41) is 17.2. The number of halogens is 2. The van der Waals surface area contributed by atoms with Gasteiger partial charge in [0.25, 0.3) is 0 Å². The van der Waals surface area contributed by atoms with Gasteiger partial charge in [-0.25, -0.2) is 9.07 Å². The Bertz CT molecular complexity index is 613. The summed E-state index contributed by atoms with van der Waals surface area (Å²) < 4.78 is 14.6. The Labute approximate surface area is 134 Å². The van der Waals surface area contributed by atoms with Crippen LogP contribution in [0.4, 0.5) is 4.39 Å². The fraction of sp³-hybridized carbons (Fsp3) is 0.438. The molecule has 0 aliphatic carbocycles. The minimum Gasteiger partial charge on any atom is -0.396 e. The van der Waals surface area contributed by atoms with Crippen molar-refractivity contribution in [2.75, 3.05) is 13.2 Å². The molecular weight excluding hydrogens is 305 g/mol. The molecule has 0 aliphatic rings. The molecule has 0 amide bonds. The third-order valence-corrected chi connectivity index (χ3v) is 4.00. The van der Waals surface area contributed by atoms with Crippen molar-refractivity contribution < 1.29 is 9.50 Å². The standard InChI is InChI=1S/C16H21ClFN3O/c1-11(7-8-22)9-19-10-15-12(2)20-21(16(15)17)14-5-3-13(18)4-6-14/h3-6,11,19,22H,7-10H2,1-2H3. The molecule has 0 bridgehead atoms. The van der Waals surface area contributed by atoms with Gasteiger partial charge in [-0.15, -0.1) is 0 Å². The van der Waals surface area contributed by atoms with Gasteiger partial charge in [0.1, 0.15) is 11.0 Å². The summed E-state index contributed by atoms with van der Waals surface area (Å²) in [5.74, 6) is 0.111. The summed E-state index contributed by atoms with van der Waals surface area (Å²) in [7, 11) is 0. The Kier molecular flexibility index (Phi) is 5.94. The topological polar surface area (TPSA) is 50.1 Å². The minimum atomic E-state index is -0.288. The van der Waals surface area contributed by atoms with E-state index in [1.807, 2.05) is 6.92 Å². The van der Waals surface area contributed by atoms with E-state index < -0.39 is 0 Å². The molecule has 1 heterocycles. The van der Waals surface area contributed by atoms with Gasteiger partial charge < -0.3 is 10.4 Å². The molecule has 1 unspecified atom stereocenters. The van der Waals surface area contributed by atoms with Crippen molar-refractivity contribution in [1.82, 2.24) is 15.1 Å². The predicted molar refractivity (Wildman–Crippen MR) is 85.8 cm³/mol. The molecule has 2 N–H and O–H groups in total. The molecule has 0 aliphatic heterocycles. The van der Waals surface area contributed by atoms with Crippen molar-refractivity contribution in [1.29, 1.82) is 0 Å². The van der Waals surface area contributed by atoms with Crippen LogP contribution in [0.1, 0.15) is 24.6 Å². The summed E-state index contributed by atoms with van der Waals surface area (Å²) in [6.07, 6.45) is 0.772. The Balaban J connectivity index is 2.09. The number of nitrogens with zero attached hydrogens (tertiary/aromatic N) is 2. The van der Waals surface area contributed by atoms with Gasteiger partial charge in [0.15, 0.2) is 0 Å². The van der Waals surface area contributed by atoms with Crippen molar-refractivity contribution >= 4 is 11.6 Å². The highest BCUT2D eigenvalue weighted by molar-refractivity contribution is 6.30.